The lowest BCUT2D eigenvalue weighted by molar-refractivity contribution is 0.318. The lowest BCUT2D eigenvalue weighted by atomic mass is 10.0. The molecule has 2 fully saturated rings. The third-order valence-corrected chi connectivity index (χ3v) is 2.55. The highest BCUT2D eigenvalue weighted by Crippen LogP contribution is 2.26. The largest absolute Gasteiger partial charge is 0.301 e. The molecule has 3 nitrogen and oxygen atoms in total. The van der Waals surface area contributed by atoms with Gasteiger partial charge in [-0.3, -0.25) is 11.3 Å². The molecule has 52 valence electrons. The molecule has 3 heteroatoms. The van der Waals surface area contributed by atoms with Crippen molar-refractivity contribution in [2.24, 2.45) is 11.8 Å². The minimum absolute atomic E-state index is 0.582. The van der Waals surface area contributed by atoms with E-state index < -0.39 is 0 Å². The topological polar surface area (TPSA) is 41.3 Å². The number of nitrogens with one attached hydrogen (secondary N) is 1. The van der Waals surface area contributed by atoms with E-state index in [1.807, 2.05) is 0 Å². The molecule has 0 amide bonds. The van der Waals surface area contributed by atoms with Crippen LogP contribution in [0, 0.1) is 5.92 Å². The van der Waals surface area contributed by atoms with E-state index in [-0.39, 0.29) is 0 Å². The highest BCUT2D eigenvalue weighted by Gasteiger charge is 2.36. The van der Waals surface area contributed by atoms with Gasteiger partial charge in [-0.05, 0) is 18.9 Å². The smallest absolute Gasteiger partial charge is 0.0378 e. The SMILES string of the molecule is NNC1CN2CC[C@@H]1C2. The second kappa shape index (κ2) is 1.94. The van der Waals surface area contributed by atoms with E-state index in [1.54, 1.807) is 0 Å². The van der Waals surface area contributed by atoms with Crippen molar-refractivity contribution in [2.45, 2.75) is 12.5 Å². The number of nitrogens with two attached hydrogens (primary N) is 1. The Morgan fingerprint density at radius 1 is 1.44 bits per heavy atom. The van der Waals surface area contributed by atoms with Gasteiger partial charge >= 0.3 is 0 Å². The molecule has 2 aliphatic heterocycles. The standard InChI is InChI=1S/C6H13N3/c7-8-6-4-9-2-1-5(6)3-9/h5-6,8H,1-4,7H2/t5-,6?/m1/s1. The van der Waals surface area contributed by atoms with E-state index in [9.17, 15) is 0 Å². The third-order valence-electron chi connectivity index (χ3n) is 2.55. The second-order valence-corrected chi connectivity index (χ2v) is 3.08. The van der Waals surface area contributed by atoms with Crippen LogP contribution in [-0.4, -0.2) is 30.6 Å². The van der Waals surface area contributed by atoms with Crippen LogP contribution in [0.2, 0.25) is 0 Å². The van der Waals surface area contributed by atoms with Crippen molar-refractivity contribution in [1.29, 1.82) is 0 Å². The van der Waals surface area contributed by atoms with Gasteiger partial charge in [0, 0.05) is 19.1 Å². The number of nitrogens with zero attached hydrogens (tertiary/aromatic N) is 1. The summed E-state index contributed by atoms with van der Waals surface area (Å²) in [6.07, 6.45) is 1.34. The summed E-state index contributed by atoms with van der Waals surface area (Å²) < 4.78 is 0. The molecule has 2 saturated heterocycles. The fourth-order valence-corrected chi connectivity index (χ4v) is 1.97. The lowest BCUT2D eigenvalue weighted by Crippen LogP contribution is -2.43. The van der Waals surface area contributed by atoms with Gasteiger partial charge in [0.25, 0.3) is 0 Å². The first kappa shape index (κ1) is 5.65. The minimum atomic E-state index is 0.582. The number of hydrogen-bond acceptors (Lipinski definition) is 3. The Bertz CT molecular complexity index is 115. The first-order valence-electron chi connectivity index (χ1n) is 3.58. The van der Waals surface area contributed by atoms with Crippen molar-refractivity contribution >= 4 is 0 Å². The van der Waals surface area contributed by atoms with Crippen molar-refractivity contribution < 1.29 is 0 Å². The molecule has 0 spiro atoms. The Hall–Kier alpha value is -0.120. The zero-order valence-electron chi connectivity index (χ0n) is 5.51. The summed E-state index contributed by atoms with van der Waals surface area (Å²) in [5.74, 6) is 6.19. The zero-order chi connectivity index (χ0) is 6.27. The molecule has 0 aromatic carbocycles. The van der Waals surface area contributed by atoms with E-state index >= 15 is 0 Å². The average Bonchev–Trinajstić information content (AvgIpc) is 2.45. The van der Waals surface area contributed by atoms with Crippen LogP contribution in [0.3, 0.4) is 0 Å². The maximum Gasteiger partial charge on any atom is 0.0378 e. The molecule has 9 heavy (non-hydrogen) atoms. The van der Waals surface area contributed by atoms with Crippen molar-refractivity contribution in [3.63, 3.8) is 0 Å². The summed E-state index contributed by atoms with van der Waals surface area (Å²) in [7, 11) is 0. The first-order chi connectivity index (χ1) is 4.40. The summed E-state index contributed by atoms with van der Waals surface area (Å²) in [6, 6.07) is 0.582. The lowest BCUT2D eigenvalue weighted by Gasteiger charge is -2.20. The van der Waals surface area contributed by atoms with E-state index in [1.165, 1.54) is 26.1 Å². The predicted octanol–water partition coefficient (Wildman–Crippen LogP) is -0.846. The Morgan fingerprint density at radius 2 is 2.33 bits per heavy atom. The van der Waals surface area contributed by atoms with Crippen LogP contribution in [0.4, 0.5) is 0 Å². The number of fused-ring (bicyclic) bond motifs is 2. The van der Waals surface area contributed by atoms with E-state index in [2.05, 4.69) is 10.3 Å². The molecule has 2 aliphatic rings. The Balaban J connectivity index is 2.01. The summed E-state index contributed by atoms with van der Waals surface area (Å²) in [5, 5.41) is 0. The molecule has 0 radical (unpaired) electrons. The molecule has 3 atom stereocenters. The highest BCUT2D eigenvalue weighted by molar-refractivity contribution is 4.93. The van der Waals surface area contributed by atoms with Gasteiger partial charge in [0.2, 0.25) is 0 Å². The van der Waals surface area contributed by atoms with E-state index in [0.717, 1.165) is 5.92 Å². The van der Waals surface area contributed by atoms with Gasteiger partial charge < -0.3 is 4.90 Å². The molecule has 2 rings (SSSR count). The summed E-state index contributed by atoms with van der Waals surface area (Å²) in [5.41, 5.74) is 2.85. The monoisotopic (exact) mass is 127 g/mol. The molecule has 2 heterocycles. The molecule has 0 aromatic heterocycles. The molecular weight excluding hydrogens is 114 g/mol. The van der Waals surface area contributed by atoms with Crippen LogP contribution < -0.4 is 11.3 Å². The van der Waals surface area contributed by atoms with Gasteiger partial charge in [0.05, 0.1) is 0 Å². The minimum Gasteiger partial charge on any atom is -0.301 e. The highest BCUT2D eigenvalue weighted by atomic mass is 15.3. The van der Waals surface area contributed by atoms with Crippen LogP contribution in [0.25, 0.3) is 0 Å². The van der Waals surface area contributed by atoms with Gasteiger partial charge in [-0.2, -0.15) is 0 Å². The number of rotatable bonds is 1. The fraction of sp³-hybridized carbons (Fsp3) is 1.00. The van der Waals surface area contributed by atoms with Crippen LogP contribution in [0.5, 0.6) is 0 Å². The number of hydrogen-bond donors (Lipinski definition) is 2. The van der Waals surface area contributed by atoms with Gasteiger partial charge in [0.1, 0.15) is 0 Å². The predicted molar refractivity (Wildman–Crippen MR) is 35.7 cm³/mol. The molecule has 0 aromatic rings. The number of hydrazine groups is 1. The van der Waals surface area contributed by atoms with Crippen LogP contribution in [0.15, 0.2) is 0 Å². The van der Waals surface area contributed by atoms with E-state index in [4.69, 9.17) is 5.84 Å². The molecule has 0 saturated carbocycles. The van der Waals surface area contributed by atoms with Crippen molar-refractivity contribution in [3.8, 4) is 0 Å². The van der Waals surface area contributed by atoms with Crippen LogP contribution >= 0.6 is 0 Å². The molecule has 2 unspecified atom stereocenters. The van der Waals surface area contributed by atoms with Crippen molar-refractivity contribution in [3.05, 3.63) is 0 Å². The van der Waals surface area contributed by atoms with Gasteiger partial charge in [-0.15, -0.1) is 0 Å². The quantitative estimate of drug-likeness (QED) is 0.356. The fourth-order valence-electron chi connectivity index (χ4n) is 1.97. The van der Waals surface area contributed by atoms with Crippen LogP contribution in [0.1, 0.15) is 6.42 Å². The van der Waals surface area contributed by atoms with Gasteiger partial charge in [-0.1, -0.05) is 0 Å². The summed E-state index contributed by atoms with van der Waals surface area (Å²) in [6.45, 7) is 3.74. The van der Waals surface area contributed by atoms with Gasteiger partial charge in [-0.25, -0.2) is 0 Å². The normalized spacial score (nSPS) is 48.3. The summed E-state index contributed by atoms with van der Waals surface area (Å²) in [4.78, 5) is 2.47. The maximum absolute atomic E-state index is 5.34. The average molecular weight is 127 g/mol. The molecule has 2 bridgehead atoms. The van der Waals surface area contributed by atoms with Crippen molar-refractivity contribution in [1.82, 2.24) is 10.3 Å². The van der Waals surface area contributed by atoms with Crippen molar-refractivity contribution in [2.75, 3.05) is 19.6 Å². The maximum atomic E-state index is 5.34. The molecule has 3 N–H and O–H groups in total. The second-order valence-electron chi connectivity index (χ2n) is 3.08. The third kappa shape index (κ3) is 0.764. The van der Waals surface area contributed by atoms with Gasteiger partial charge in [0.15, 0.2) is 0 Å². The Labute approximate surface area is 55.2 Å². The first-order valence-corrected chi connectivity index (χ1v) is 3.58. The summed E-state index contributed by atoms with van der Waals surface area (Å²) >= 11 is 0. The molecule has 0 aliphatic carbocycles. The molecular formula is C6H13N3. The Morgan fingerprint density at radius 3 is 2.67 bits per heavy atom. The van der Waals surface area contributed by atoms with Crippen LogP contribution in [-0.2, 0) is 0 Å². The Kier molecular flexibility index (Phi) is 1.22. The van der Waals surface area contributed by atoms with E-state index in [0.29, 0.717) is 6.04 Å². The zero-order valence-corrected chi connectivity index (χ0v) is 5.51. The number of piperidine rings is 1.